The van der Waals surface area contributed by atoms with Gasteiger partial charge in [-0.2, -0.15) is 0 Å². The molecule has 8 nitrogen and oxygen atoms in total. The number of ether oxygens (including phenoxy) is 2. The summed E-state index contributed by atoms with van der Waals surface area (Å²) < 4.78 is 13.0. The molecule has 1 aromatic carbocycles. The Morgan fingerprint density at radius 1 is 1.28 bits per heavy atom. The third-order valence-corrected chi connectivity index (χ3v) is 4.71. The maximum absolute atomic E-state index is 12.3. The van der Waals surface area contributed by atoms with Gasteiger partial charge in [-0.05, 0) is 37.1 Å². The topological polar surface area (TPSA) is 90.3 Å². The van der Waals surface area contributed by atoms with Crippen molar-refractivity contribution >= 4 is 11.7 Å². The van der Waals surface area contributed by atoms with Crippen molar-refractivity contribution in [2.45, 2.75) is 30.9 Å². The van der Waals surface area contributed by atoms with Gasteiger partial charge in [0.1, 0.15) is 0 Å². The molecule has 0 radical (unpaired) electrons. The Kier molecular flexibility index (Phi) is 4.37. The average Bonchev–Trinajstić information content (AvgIpc) is 3.28. The summed E-state index contributed by atoms with van der Waals surface area (Å²) in [5.74, 6) is 0. The summed E-state index contributed by atoms with van der Waals surface area (Å²) in [6.07, 6.45) is 5.90. The van der Waals surface area contributed by atoms with Gasteiger partial charge < -0.3 is 20.1 Å². The van der Waals surface area contributed by atoms with Crippen LogP contribution in [0.15, 0.2) is 36.7 Å². The van der Waals surface area contributed by atoms with Crippen molar-refractivity contribution in [1.29, 1.82) is 0 Å². The van der Waals surface area contributed by atoms with Gasteiger partial charge in [0.15, 0.2) is 0 Å². The van der Waals surface area contributed by atoms with Gasteiger partial charge in [-0.3, -0.25) is 0 Å². The van der Waals surface area contributed by atoms with E-state index in [1.165, 1.54) is 0 Å². The van der Waals surface area contributed by atoms with Crippen LogP contribution in [0.5, 0.6) is 0 Å². The smallest absolute Gasteiger partial charge is 0.319 e. The van der Waals surface area contributed by atoms with E-state index in [1.54, 1.807) is 17.1 Å². The molecule has 0 aliphatic carbocycles. The first-order valence-electron chi connectivity index (χ1n) is 8.48. The largest absolute Gasteiger partial charge is 0.378 e. The van der Waals surface area contributed by atoms with Gasteiger partial charge in [-0.25, -0.2) is 9.48 Å². The van der Waals surface area contributed by atoms with Gasteiger partial charge in [-0.15, -0.1) is 5.10 Å². The molecule has 2 fully saturated rings. The summed E-state index contributed by atoms with van der Waals surface area (Å²) >= 11 is 0. The standard InChI is InChI=1S/C17H21N5O3/c23-16(20-14-5-9-25-17(11-14)6-10-24-12-17)19-13-1-3-15(4-2-13)22-8-7-18-21-22/h1-4,7-8,14H,5-6,9-12H2,(H2,19,20,23)/t14-,17-/m0/s1. The maximum atomic E-state index is 12.3. The van der Waals surface area contributed by atoms with E-state index in [4.69, 9.17) is 9.47 Å². The molecule has 2 aliphatic heterocycles. The lowest BCUT2D eigenvalue weighted by atomic mass is 9.90. The van der Waals surface area contributed by atoms with Crippen molar-refractivity contribution in [3.8, 4) is 5.69 Å². The SMILES string of the molecule is O=C(Nc1ccc(-n2ccnn2)cc1)N[C@H]1CCO[C@@]2(CCOC2)C1. The number of carbonyl (C=O) groups is 1. The lowest BCUT2D eigenvalue weighted by molar-refractivity contribution is -0.0877. The Morgan fingerprint density at radius 2 is 2.16 bits per heavy atom. The summed E-state index contributed by atoms with van der Waals surface area (Å²) in [6, 6.07) is 7.34. The summed E-state index contributed by atoms with van der Waals surface area (Å²) in [5, 5.41) is 13.6. The van der Waals surface area contributed by atoms with Crippen molar-refractivity contribution in [1.82, 2.24) is 20.3 Å². The van der Waals surface area contributed by atoms with Gasteiger partial charge >= 0.3 is 6.03 Å². The highest BCUT2D eigenvalue weighted by molar-refractivity contribution is 5.89. The van der Waals surface area contributed by atoms with Gasteiger partial charge in [0, 0.05) is 31.4 Å². The molecule has 132 valence electrons. The molecule has 1 spiro atoms. The van der Waals surface area contributed by atoms with Crippen molar-refractivity contribution in [3.05, 3.63) is 36.7 Å². The zero-order valence-corrected chi connectivity index (χ0v) is 13.9. The number of hydrogen-bond acceptors (Lipinski definition) is 5. The lowest BCUT2D eigenvalue weighted by Crippen LogP contribution is -2.49. The van der Waals surface area contributed by atoms with Crippen molar-refractivity contribution in [3.63, 3.8) is 0 Å². The van der Waals surface area contributed by atoms with E-state index < -0.39 is 0 Å². The molecule has 2 N–H and O–H groups in total. The zero-order chi connectivity index (χ0) is 17.1. The molecule has 0 saturated carbocycles. The van der Waals surface area contributed by atoms with Crippen molar-refractivity contribution in [2.24, 2.45) is 0 Å². The van der Waals surface area contributed by atoms with Crippen LogP contribution >= 0.6 is 0 Å². The second-order valence-corrected chi connectivity index (χ2v) is 6.52. The number of aromatic nitrogens is 3. The molecule has 2 aromatic rings. The number of nitrogens with zero attached hydrogens (tertiary/aromatic N) is 3. The minimum Gasteiger partial charge on any atom is -0.378 e. The van der Waals surface area contributed by atoms with Crippen LogP contribution in [-0.4, -0.2) is 52.5 Å². The van der Waals surface area contributed by atoms with Gasteiger partial charge in [-0.1, -0.05) is 5.21 Å². The lowest BCUT2D eigenvalue weighted by Gasteiger charge is -2.37. The first-order chi connectivity index (χ1) is 12.2. The van der Waals surface area contributed by atoms with E-state index in [1.807, 2.05) is 24.3 Å². The van der Waals surface area contributed by atoms with Gasteiger partial charge in [0.05, 0.1) is 30.3 Å². The van der Waals surface area contributed by atoms with Crippen LogP contribution in [0.25, 0.3) is 5.69 Å². The fourth-order valence-corrected chi connectivity index (χ4v) is 3.41. The number of hydrogen-bond donors (Lipinski definition) is 2. The molecule has 8 heteroatoms. The van der Waals surface area contributed by atoms with Gasteiger partial charge in [0.2, 0.25) is 0 Å². The Bertz CT molecular complexity index is 710. The third kappa shape index (κ3) is 3.64. The number of nitrogens with one attached hydrogen (secondary N) is 2. The first-order valence-corrected chi connectivity index (χ1v) is 8.48. The van der Waals surface area contributed by atoms with Crippen LogP contribution < -0.4 is 10.6 Å². The van der Waals surface area contributed by atoms with Crippen molar-refractivity contribution < 1.29 is 14.3 Å². The van der Waals surface area contributed by atoms with E-state index in [0.717, 1.165) is 37.2 Å². The first kappa shape index (κ1) is 16.0. The predicted molar refractivity (Wildman–Crippen MR) is 90.7 cm³/mol. The molecule has 2 saturated heterocycles. The molecule has 2 amide bonds. The van der Waals surface area contributed by atoms with Crippen LogP contribution in [0, 0.1) is 0 Å². The molecule has 2 aliphatic rings. The summed E-state index contributed by atoms with van der Waals surface area (Å²) in [6.45, 7) is 2.01. The average molecular weight is 343 g/mol. The number of carbonyl (C=O) groups excluding carboxylic acids is 1. The van der Waals surface area contributed by atoms with E-state index >= 15 is 0 Å². The second kappa shape index (κ2) is 6.81. The molecular formula is C17H21N5O3. The number of rotatable bonds is 3. The fraction of sp³-hybridized carbons (Fsp3) is 0.471. The molecule has 4 rings (SSSR count). The van der Waals surface area contributed by atoms with Gasteiger partial charge in [0.25, 0.3) is 0 Å². The monoisotopic (exact) mass is 343 g/mol. The minimum absolute atomic E-state index is 0.102. The Hall–Kier alpha value is -2.45. The normalized spacial score (nSPS) is 25.8. The Balaban J connectivity index is 1.32. The van der Waals surface area contributed by atoms with E-state index in [2.05, 4.69) is 20.9 Å². The molecule has 1 aromatic heterocycles. The minimum atomic E-state index is -0.213. The maximum Gasteiger partial charge on any atom is 0.319 e. The highest BCUT2D eigenvalue weighted by Gasteiger charge is 2.41. The molecule has 3 heterocycles. The van der Waals surface area contributed by atoms with E-state index in [-0.39, 0.29) is 17.7 Å². The van der Waals surface area contributed by atoms with E-state index in [9.17, 15) is 4.79 Å². The predicted octanol–water partition coefficient (Wildman–Crippen LogP) is 1.73. The highest BCUT2D eigenvalue weighted by atomic mass is 16.6. The molecule has 2 atom stereocenters. The summed E-state index contributed by atoms with van der Waals surface area (Å²) in [4.78, 5) is 12.3. The molecule has 0 unspecified atom stereocenters. The number of amides is 2. The molecule has 0 bridgehead atoms. The van der Waals surface area contributed by atoms with Crippen LogP contribution in [0.1, 0.15) is 19.3 Å². The number of anilines is 1. The summed E-state index contributed by atoms with van der Waals surface area (Å²) in [5.41, 5.74) is 1.40. The fourth-order valence-electron chi connectivity index (χ4n) is 3.41. The van der Waals surface area contributed by atoms with Crippen molar-refractivity contribution in [2.75, 3.05) is 25.1 Å². The molecule has 25 heavy (non-hydrogen) atoms. The quantitative estimate of drug-likeness (QED) is 0.886. The van der Waals surface area contributed by atoms with Crippen LogP contribution in [0.2, 0.25) is 0 Å². The highest BCUT2D eigenvalue weighted by Crippen LogP contribution is 2.32. The van der Waals surface area contributed by atoms with Crippen LogP contribution in [0.4, 0.5) is 10.5 Å². The summed E-state index contributed by atoms with van der Waals surface area (Å²) in [7, 11) is 0. The number of benzene rings is 1. The Labute approximate surface area is 145 Å². The van der Waals surface area contributed by atoms with Crippen LogP contribution in [0.3, 0.4) is 0 Å². The third-order valence-electron chi connectivity index (χ3n) is 4.71. The zero-order valence-electron chi connectivity index (χ0n) is 13.9. The van der Waals surface area contributed by atoms with E-state index in [0.29, 0.717) is 13.2 Å². The van der Waals surface area contributed by atoms with Crippen LogP contribution in [-0.2, 0) is 9.47 Å². The molecular weight excluding hydrogens is 322 g/mol. The Morgan fingerprint density at radius 3 is 2.88 bits per heavy atom. The number of urea groups is 1. The second-order valence-electron chi connectivity index (χ2n) is 6.52.